The smallest absolute Gasteiger partial charge is 0.410 e. The van der Waals surface area contributed by atoms with Crippen LogP contribution in [0.1, 0.15) is 18.9 Å². The molecule has 7 nitrogen and oxygen atoms in total. The topological polar surface area (TPSA) is 101 Å². The number of carbonyl (C=O) groups excluding carboxylic acids is 1. The number of nitrogens with two attached hydrogens (primary N) is 1. The Hall–Kier alpha value is -2.31. The maximum Gasteiger partial charge on any atom is 0.410 e. The molecule has 1 rings (SSSR count). The van der Waals surface area contributed by atoms with Crippen LogP contribution in [-0.2, 0) is 11.3 Å². The van der Waals surface area contributed by atoms with Crippen molar-refractivity contribution in [2.45, 2.75) is 19.9 Å². The second-order valence-corrected chi connectivity index (χ2v) is 3.82. The van der Waals surface area contributed by atoms with Crippen LogP contribution >= 0.6 is 0 Å². The fourth-order valence-electron chi connectivity index (χ4n) is 1.46. The minimum absolute atomic E-state index is 0.0699. The number of hydrogen-bond acceptors (Lipinski definition) is 5. The number of amides is 1. The van der Waals surface area contributed by atoms with Gasteiger partial charge in [-0.3, -0.25) is 4.98 Å². The molecule has 1 amide bonds. The largest absolute Gasteiger partial charge is 0.450 e. The molecule has 0 aliphatic rings. The van der Waals surface area contributed by atoms with Gasteiger partial charge in [0.05, 0.1) is 13.2 Å². The minimum Gasteiger partial charge on any atom is -0.450 e. The van der Waals surface area contributed by atoms with Gasteiger partial charge in [-0.15, -0.1) is 0 Å². The summed E-state index contributed by atoms with van der Waals surface area (Å²) in [6.45, 7) is 2.71. The van der Waals surface area contributed by atoms with Gasteiger partial charge in [-0.05, 0) is 18.6 Å². The first-order valence-corrected chi connectivity index (χ1v) is 5.94. The Balaban J connectivity index is 2.66. The van der Waals surface area contributed by atoms with Crippen molar-refractivity contribution in [1.82, 2.24) is 9.88 Å². The van der Waals surface area contributed by atoms with E-state index in [-0.39, 0.29) is 12.3 Å². The monoisotopic (exact) mass is 266 g/mol. The van der Waals surface area contributed by atoms with Crippen LogP contribution in [0.25, 0.3) is 0 Å². The molecule has 7 heteroatoms. The quantitative estimate of drug-likeness (QED) is 0.348. The Morgan fingerprint density at radius 3 is 3.00 bits per heavy atom. The second kappa shape index (κ2) is 7.91. The fraction of sp³-hybridized carbons (Fsp3) is 0.417. The number of amidine groups is 1. The van der Waals surface area contributed by atoms with Gasteiger partial charge in [-0.25, -0.2) is 4.79 Å². The average Bonchev–Trinajstić information content (AvgIpc) is 2.44. The number of aromatic nitrogens is 1. The first-order chi connectivity index (χ1) is 9.17. The fourth-order valence-corrected chi connectivity index (χ4v) is 1.46. The molecular formula is C12H18N4O3. The number of ether oxygens (including phenoxy) is 1. The summed E-state index contributed by atoms with van der Waals surface area (Å²) in [5, 5.41) is 11.4. The second-order valence-electron chi connectivity index (χ2n) is 3.82. The summed E-state index contributed by atoms with van der Waals surface area (Å²) < 4.78 is 4.97. The summed E-state index contributed by atoms with van der Waals surface area (Å²) in [7, 11) is 0. The molecule has 0 fully saturated rings. The highest BCUT2D eigenvalue weighted by molar-refractivity contribution is 5.80. The van der Waals surface area contributed by atoms with Crippen molar-refractivity contribution in [2.75, 3.05) is 13.2 Å². The molecule has 0 aliphatic carbocycles. The number of carbonyl (C=O) groups is 1. The molecule has 0 spiro atoms. The van der Waals surface area contributed by atoms with Crippen molar-refractivity contribution >= 4 is 11.9 Å². The van der Waals surface area contributed by atoms with Crippen LogP contribution in [0.5, 0.6) is 0 Å². The van der Waals surface area contributed by atoms with Gasteiger partial charge in [0.15, 0.2) is 0 Å². The molecule has 0 radical (unpaired) electrons. The van der Waals surface area contributed by atoms with Crippen LogP contribution in [0, 0.1) is 0 Å². The van der Waals surface area contributed by atoms with Crippen LogP contribution in [0.2, 0.25) is 0 Å². The highest BCUT2D eigenvalue weighted by Crippen LogP contribution is 2.06. The Kier molecular flexibility index (Phi) is 6.14. The zero-order valence-corrected chi connectivity index (χ0v) is 10.8. The lowest BCUT2D eigenvalue weighted by atomic mass is 10.2. The Bertz CT molecular complexity index is 422. The van der Waals surface area contributed by atoms with Gasteiger partial charge in [-0.2, -0.15) is 0 Å². The van der Waals surface area contributed by atoms with Crippen molar-refractivity contribution in [3.63, 3.8) is 0 Å². The third kappa shape index (κ3) is 5.24. The Morgan fingerprint density at radius 2 is 2.42 bits per heavy atom. The van der Waals surface area contributed by atoms with E-state index in [1.165, 1.54) is 4.90 Å². The van der Waals surface area contributed by atoms with Gasteiger partial charge in [0.25, 0.3) is 0 Å². The molecule has 0 aliphatic heterocycles. The van der Waals surface area contributed by atoms with Gasteiger partial charge < -0.3 is 20.6 Å². The molecule has 1 aromatic rings. The van der Waals surface area contributed by atoms with E-state index in [2.05, 4.69) is 10.1 Å². The molecular weight excluding hydrogens is 248 g/mol. The number of oxime groups is 1. The summed E-state index contributed by atoms with van der Waals surface area (Å²) >= 11 is 0. The number of hydrogen-bond donors (Lipinski definition) is 2. The van der Waals surface area contributed by atoms with E-state index in [1.807, 2.05) is 6.07 Å². The van der Waals surface area contributed by atoms with Crippen LogP contribution in [0.15, 0.2) is 29.7 Å². The SMILES string of the molecule is CCOC(=O)N(CC/C(N)=N/O)Cc1cccnc1. The lowest BCUT2D eigenvalue weighted by molar-refractivity contribution is 0.105. The summed E-state index contributed by atoms with van der Waals surface area (Å²) in [4.78, 5) is 17.3. The first-order valence-electron chi connectivity index (χ1n) is 5.94. The zero-order chi connectivity index (χ0) is 14.1. The van der Waals surface area contributed by atoms with Crippen LogP contribution in [-0.4, -0.2) is 40.2 Å². The van der Waals surface area contributed by atoms with E-state index < -0.39 is 6.09 Å². The van der Waals surface area contributed by atoms with Gasteiger partial charge >= 0.3 is 6.09 Å². The number of nitrogens with zero attached hydrogens (tertiary/aromatic N) is 3. The summed E-state index contributed by atoms with van der Waals surface area (Å²) in [6.07, 6.45) is 3.18. The maximum absolute atomic E-state index is 11.8. The maximum atomic E-state index is 11.8. The normalized spacial score (nSPS) is 11.1. The highest BCUT2D eigenvalue weighted by Gasteiger charge is 2.15. The molecule has 1 heterocycles. The zero-order valence-electron chi connectivity index (χ0n) is 10.8. The van der Waals surface area contributed by atoms with E-state index in [0.717, 1.165) is 5.56 Å². The van der Waals surface area contributed by atoms with Crippen LogP contribution in [0.3, 0.4) is 0 Å². The summed E-state index contributed by atoms with van der Waals surface area (Å²) in [5.41, 5.74) is 6.28. The lowest BCUT2D eigenvalue weighted by Gasteiger charge is -2.21. The standard InChI is InChI=1S/C12H18N4O3/c1-2-19-12(17)16(7-5-11(13)15-18)9-10-4-3-6-14-8-10/h3-4,6,8,18H,2,5,7,9H2,1H3,(H2,13,15). The third-order valence-corrected chi connectivity index (χ3v) is 2.39. The van der Waals surface area contributed by atoms with Gasteiger partial charge in [-0.1, -0.05) is 11.2 Å². The third-order valence-electron chi connectivity index (χ3n) is 2.39. The predicted molar refractivity (Wildman–Crippen MR) is 69.7 cm³/mol. The van der Waals surface area contributed by atoms with Crippen molar-refractivity contribution in [3.8, 4) is 0 Å². The number of pyridine rings is 1. The van der Waals surface area contributed by atoms with E-state index in [9.17, 15) is 4.79 Å². The highest BCUT2D eigenvalue weighted by atomic mass is 16.6. The molecule has 0 saturated carbocycles. The van der Waals surface area contributed by atoms with Gasteiger partial charge in [0.1, 0.15) is 5.84 Å². The van der Waals surface area contributed by atoms with E-state index in [4.69, 9.17) is 15.7 Å². The number of rotatable bonds is 6. The average molecular weight is 266 g/mol. The summed E-state index contributed by atoms with van der Waals surface area (Å²) in [6, 6.07) is 3.66. The Labute approximate surface area is 111 Å². The van der Waals surface area contributed by atoms with E-state index in [1.54, 1.807) is 25.4 Å². The minimum atomic E-state index is -0.433. The van der Waals surface area contributed by atoms with Crippen molar-refractivity contribution in [1.29, 1.82) is 0 Å². The van der Waals surface area contributed by atoms with Crippen molar-refractivity contribution < 1.29 is 14.7 Å². The van der Waals surface area contributed by atoms with Crippen molar-refractivity contribution in [3.05, 3.63) is 30.1 Å². The molecule has 0 bridgehead atoms. The van der Waals surface area contributed by atoms with Crippen LogP contribution in [0.4, 0.5) is 4.79 Å². The molecule has 0 unspecified atom stereocenters. The summed E-state index contributed by atoms with van der Waals surface area (Å²) in [5.74, 6) is 0.0699. The Morgan fingerprint density at radius 1 is 1.63 bits per heavy atom. The van der Waals surface area contributed by atoms with E-state index in [0.29, 0.717) is 19.7 Å². The molecule has 3 N–H and O–H groups in total. The van der Waals surface area contributed by atoms with Gasteiger partial charge in [0.2, 0.25) is 0 Å². The first kappa shape index (κ1) is 14.7. The molecule has 1 aromatic heterocycles. The van der Waals surface area contributed by atoms with Crippen LogP contribution < -0.4 is 5.73 Å². The molecule has 0 atom stereocenters. The molecule has 0 aromatic carbocycles. The molecule has 0 saturated heterocycles. The molecule has 104 valence electrons. The van der Waals surface area contributed by atoms with Gasteiger partial charge in [0, 0.05) is 25.4 Å². The molecule has 19 heavy (non-hydrogen) atoms. The predicted octanol–water partition coefficient (Wildman–Crippen LogP) is 1.18. The lowest BCUT2D eigenvalue weighted by Crippen LogP contribution is -2.34. The van der Waals surface area contributed by atoms with Crippen molar-refractivity contribution in [2.24, 2.45) is 10.9 Å². The van der Waals surface area contributed by atoms with E-state index >= 15 is 0 Å².